The summed E-state index contributed by atoms with van der Waals surface area (Å²) < 4.78 is 7.77. The van der Waals surface area contributed by atoms with Crippen LogP contribution in [0.5, 0.6) is 0 Å². The Hall–Kier alpha value is -3.16. The number of anilines is 1. The zero-order chi connectivity index (χ0) is 23.0. The molecule has 164 valence electrons. The van der Waals surface area contributed by atoms with Crippen LogP contribution >= 0.6 is 22.9 Å². The van der Waals surface area contributed by atoms with Gasteiger partial charge in [0.15, 0.2) is 0 Å². The summed E-state index contributed by atoms with van der Waals surface area (Å²) in [4.78, 5) is 40.1. The van der Waals surface area contributed by atoms with E-state index in [-0.39, 0.29) is 24.3 Å². The molecular formula is C24H21ClN2O4S. The van der Waals surface area contributed by atoms with Crippen molar-refractivity contribution in [1.29, 1.82) is 0 Å². The number of benzene rings is 2. The van der Waals surface area contributed by atoms with Gasteiger partial charge in [0, 0.05) is 17.1 Å². The molecule has 0 aliphatic carbocycles. The number of ether oxygens (including phenoxy) is 1. The van der Waals surface area contributed by atoms with Gasteiger partial charge in [-0.2, -0.15) is 0 Å². The average Bonchev–Trinajstić information content (AvgIpc) is 3.18. The Morgan fingerprint density at radius 1 is 1.19 bits per heavy atom. The number of rotatable bonds is 5. The van der Waals surface area contributed by atoms with E-state index < -0.39 is 11.9 Å². The summed E-state index contributed by atoms with van der Waals surface area (Å²) in [5.41, 5.74) is 2.93. The smallest absolute Gasteiger partial charge is 0.326 e. The summed E-state index contributed by atoms with van der Waals surface area (Å²) in [6.07, 6.45) is 0. The minimum Gasteiger partial charge on any atom is -0.459 e. The molecule has 0 bridgehead atoms. The van der Waals surface area contributed by atoms with Crippen LogP contribution in [0.3, 0.4) is 0 Å². The van der Waals surface area contributed by atoms with Crippen LogP contribution in [0.15, 0.2) is 47.3 Å². The molecule has 0 fully saturated rings. The quantitative estimate of drug-likeness (QED) is 0.540. The Kier molecular flexibility index (Phi) is 6.04. The zero-order valence-electron chi connectivity index (χ0n) is 17.7. The highest BCUT2D eigenvalue weighted by atomic mass is 35.5. The Balaban J connectivity index is 1.69. The van der Waals surface area contributed by atoms with Crippen LogP contribution in [-0.2, 0) is 27.5 Å². The molecule has 1 aliphatic heterocycles. The van der Waals surface area contributed by atoms with Gasteiger partial charge in [0.1, 0.15) is 17.7 Å². The monoisotopic (exact) mass is 468 g/mol. The van der Waals surface area contributed by atoms with Crippen molar-refractivity contribution in [2.75, 3.05) is 11.4 Å². The van der Waals surface area contributed by atoms with E-state index in [0.717, 1.165) is 22.5 Å². The molecule has 2 heterocycles. The Bertz CT molecular complexity index is 1410. The van der Waals surface area contributed by atoms with Crippen molar-refractivity contribution < 1.29 is 14.3 Å². The van der Waals surface area contributed by atoms with Gasteiger partial charge in [0.05, 0.1) is 15.9 Å². The van der Waals surface area contributed by atoms with E-state index in [1.54, 1.807) is 18.2 Å². The van der Waals surface area contributed by atoms with Gasteiger partial charge in [-0.3, -0.25) is 23.9 Å². The van der Waals surface area contributed by atoms with E-state index in [4.69, 9.17) is 16.3 Å². The highest BCUT2D eigenvalue weighted by molar-refractivity contribution is 7.07. The van der Waals surface area contributed by atoms with Gasteiger partial charge in [-0.1, -0.05) is 48.0 Å². The third-order valence-electron chi connectivity index (χ3n) is 5.25. The van der Waals surface area contributed by atoms with Gasteiger partial charge in [-0.25, -0.2) is 0 Å². The maximum absolute atomic E-state index is 13.4. The summed E-state index contributed by atoms with van der Waals surface area (Å²) in [6.45, 7) is 8.01. The molecule has 0 unspecified atom stereocenters. The number of amides is 1. The number of aryl methyl sites for hydroxylation is 1. The molecule has 0 spiro atoms. The lowest BCUT2D eigenvalue weighted by Crippen LogP contribution is -2.37. The molecule has 32 heavy (non-hydrogen) atoms. The predicted molar refractivity (Wildman–Crippen MR) is 126 cm³/mol. The third-order valence-corrected chi connectivity index (χ3v) is 6.52. The van der Waals surface area contributed by atoms with Gasteiger partial charge in [0.25, 0.3) is 11.5 Å². The molecule has 0 radical (unpaired) electrons. The molecule has 4 rings (SSSR count). The summed E-state index contributed by atoms with van der Waals surface area (Å²) in [5, 5.41) is 0.431. The van der Waals surface area contributed by atoms with E-state index >= 15 is 0 Å². The number of fused-ring (bicyclic) bond motifs is 1. The molecule has 8 heteroatoms. The van der Waals surface area contributed by atoms with Crippen molar-refractivity contribution >= 4 is 52.7 Å². The number of carbonyl (C=O) groups excluding carboxylic acids is 2. The van der Waals surface area contributed by atoms with Crippen LogP contribution in [0.2, 0.25) is 5.02 Å². The summed E-state index contributed by atoms with van der Waals surface area (Å²) in [5.74, 6) is -0.978. The molecular weight excluding hydrogens is 448 g/mol. The Morgan fingerprint density at radius 2 is 1.97 bits per heavy atom. The van der Waals surface area contributed by atoms with Crippen molar-refractivity contribution in [3.63, 3.8) is 0 Å². The van der Waals surface area contributed by atoms with E-state index in [2.05, 4.69) is 6.58 Å². The number of halogens is 1. The fraction of sp³-hybridized carbons (Fsp3) is 0.208. The SMILES string of the molecule is C=c1s/c(=C2\C(=O)N(CC(=O)OCc3cccc(C)c3)c3ccc(Cl)cc32)c(=O)n1CC. The first kappa shape index (κ1) is 22.0. The van der Waals surface area contributed by atoms with Gasteiger partial charge in [-0.15, -0.1) is 11.3 Å². The van der Waals surface area contributed by atoms with Crippen molar-refractivity contribution in [2.24, 2.45) is 0 Å². The zero-order valence-corrected chi connectivity index (χ0v) is 19.3. The fourth-order valence-corrected chi connectivity index (χ4v) is 4.98. The first-order valence-electron chi connectivity index (χ1n) is 10.1. The molecule has 2 aromatic carbocycles. The highest BCUT2D eigenvalue weighted by Crippen LogP contribution is 2.36. The maximum Gasteiger partial charge on any atom is 0.326 e. The van der Waals surface area contributed by atoms with Crippen LogP contribution in [-0.4, -0.2) is 23.0 Å². The third kappa shape index (κ3) is 4.01. The van der Waals surface area contributed by atoms with Crippen molar-refractivity contribution in [2.45, 2.75) is 27.0 Å². The predicted octanol–water partition coefficient (Wildman–Crippen LogP) is 2.59. The minimum atomic E-state index is -0.544. The molecule has 0 saturated heterocycles. The van der Waals surface area contributed by atoms with Crippen LogP contribution in [0.25, 0.3) is 12.2 Å². The molecule has 6 nitrogen and oxygen atoms in total. The highest BCUT2D eigenvalue weighted by Gasteiger charge is 2.35. The lowest BCUT2D eigenvalue weighted by atomic mass is 10.1. The lowest BCUT2D eigenvalue weighted by Gasteiger charge is -2.16. The first-order chi connectivity index (χ1) is 15.3. The van der Waals surface area contributed by atoms with Gasteiger partial charge in [-0.05, 0) is 37.6 Å². The van der Waals surface area contributed by atoms with Crippen LogP contribution in [0.1, 0.15) is 23.6 Å². The van der Waals surface area contributed by atoms with Crippen LogP contribution < -0.4 is 19.7 Å². The number of nitrogens with zero attached hydrogens (tertiary/aromatic N) is 2. The van der Waals surface area contributed by atoms with Gasteiger partial charge < -0.3 is 4.74 Å². The number of hydrogen-bond donors (Lipinski definition) is 0. The molecule has 0 saturated carbocycles. The molecule has 1 aliphatic rings. The van der Waals surface area contributed by atoms with Crippen molar-refractivity contribution in [3.05, 3.63) is 83.7 Å². The molecule has 1 aromatic heterocycles. The normalized spacial score (nSPS) is 14.6. The Morgan fingerprint density at radius 3 is 2.66 bits per heavy atom. The molecule has 1 amide bonds. The topological polar surface area (TPSA) is 68.6 Å². The Labute approximate surface area is 193 Å². The standard InChI is InChI=1S/C24H21ClN2O4S/c1-4-26-15(3)32-22(24(26)30)21-18-11-17(25)8-9-19(18)27(23(21)29)12-20(28)31-13-16-7-5-6-14(2)10-16/h5-11H,3-4,12-13H2,1-2H3/b22-21-. The molecule has 0 atom stereocenters. The summed E-state index contributed by atoms with van der Waals surface area (Å²) in [6, 6.07) is 12.6. The first-order valence-corrected chi connectivity index (χ1v) is 11.3. The van der Waals surface area contributed by atoms with Crippen molar-refractivity contribution in [1.82, 2.24) is 4.57 Å². The number of carbonyl (C=O) groups is 2. The number of thiazole rings is 1. The van der Waals surface area contributed by atoms with Gasteiger partial charge in [0.2, 0.25) is 0 Å². The number of hydrogen-bond acceptors (Lipinski definition) is 5. The fourth-order valence-electron chi connectivity index (χ4n) is 3.75. The molecule has 3 aromatic rings. The number of esters is 1. The van der Waals surface area contributed by atoms with E-state index in [0.29, 0.717) is 32.0 Å². The number of aromatic nitrogens is 1. The van der Waals surface area contributed by atoms with Gasteiger partial charge >= 0.3 is 5.97 Å². The summed E-state index contributed by atoms with van der Waals surface area (Å²) >= 11 is 7.35. The summed E-state index contributed by atoms with van der Waals surface area (Å²) in [7, 11) is 0. The van der Waals surface area contributed by atoms with Crippen LogP contribution in [0.4, 0.5) is 5.69 Å². The second-order valence-electron chi connectivity index (χ2n) is 7.45. The van der Waals surface area contributed by atoms with E-state index in [9.17, 15) is 14.4 Å². The maximum atomic E-state index is 13.4. The van der Waals surface area contributed by atoms with E-state index in [1.165, 1.54) is 9.47 Å². The lowest BCUT2D eigenvalue weighted by molar-refractivity contribution is -0.143. The van der Waals surface area contributed by atoms with E-state index in [1.807, 2.05) is 38.1 Å². The largest absolute Gasteiger partial charge is 0.459 e. The molecule has 0 N–H and O–H groups in total. The minimum absolute atomic E-state index is 0.115. The second kappa shape index (κ2) is 8.76. The average molecular weight is 469 g/mol. The van der Waals surface area contributed by atoms with Crippen molar-refractivity contribution in [3.8, 4) is 0 Å². The second-order valence-corrected chi connectivity index (χ2v) is 8.97. The van der Waals surface area contributed by atoms with Crippen LogP contribution in [0, 0.1) is 6.92 Å².